The van der Waals surface area contributed by atoms with Crippen LogP contribution in [0.4, 0.5) is 11.4 Å². The minimum absolute atomic E-state index is 0.0290. The van der Waals surface area contributed by atoms with Crippen molar-refractivity contribution in [2.24, 2.45) is 16.3 Å². The molecule has 0 radical (unpaired) electrons. The third-order valence-electron chi connectivity index (χ3n) is 5.72. The maximum atomic E-state index is 13.9. The van der Waals surface area contributed by atoms with E-state index >= 15 is 0 Å². The van der Waals surface area contributed by atoms with Crippen LogP contribution in [-0.2, 0) is 14.4 Å². The molecule has 32 heavy (non-hydrogen) atoms. The van der Waals surface area contributed by atoms with Crippen LogP contribution < -0.4 is 4.59 Å². The first kappa shape index (κ1) is 22.0. The van der Waals surface area contributed by atoms with Gasteiger partial charge in [0.05, 0.1) is 15.3 Å². The molecule has 1 aliphatic carbocycles. The van der Waals surface area contributed by atoms with Crippen LogP contribution in [0.15, 0.2) is 70.4 Å². The summed E-state index contributed by atoms with van der Waals surface area (Å²) in [4.78, 5) is 38.8. The minimum atomic E-state index is -1.17. The van der Waals surface area contributed by atoms with E-state index < -0.39 is 22.5 Å². The van der Waals surface area contributed by atoms with Crippen LogP contribution in [0.5, 0.6) is 0 Å². The summed E-state index contributed by atoms with van der Waals surface area (Å²) in [6.07, 6.45) is 5.53. The molecule has 3 atom stereocenters. The molecule has 0 saturated carbocycles. The van der Waals surface area contributed by atoms with Crippen LogP contribution in [0.1, 0.15) is 20.3 Å². The van der Waals surface area contributed by atoms with Gasteiger partial charge >= 0.3 is 11.9 Å². The van der Waals surface area contributed by atoms with Gasteiger partial charge in [-0.3, -0.25) is 9.89 Å². The Morgan fingerprint density at radius 3 is 2.72 bits per heavy atom. The highest BCUT2D eigenvalue weighted by atomic mass is 127. The highest BCUT2D eigenvalue weighted by Gasteiger charge is 2.64. The third-order valence-corrected chi connectivity index (χ3v) is 6.63. The van der Waals surface area contributed by atoms with Gasteiger partial charge in [-0.1, -0.05) is 27.9 Å². The van der Waals surface area contributed by atoms with Crippen molar-refractivity contribution in [3.63, 3.8) is 0 Å². The number of Topliss-reactive ketones (excluding diaryl/α,β-unsaturated/α-hetero) is 1. The van der Waals surface area contributed by atoms with Crippen molar-refractivity contribution in [1.29, 1.82) is 0 Å². The lowest BCUT2D eigenvalue weighted by Gasteiger charge is -2.37. The van der Waals surface area contributed by atoms with Crippen LogP contribution >= 0.6 is 22.6 Å². The van der Waals surface area contributed by atoms with Gasteiger partial charge in [0.25, 0.3) is 0 Å². The van der Waals surface area contributed by atoms with E-state index in [4.69, 9.17) is 0 Å². The number of nitrogens with zero attached hydrogens (tertiary/aromatic N) is 5. The first-order valence-corrected chi connectivity index (χ1v) is 10.9. The van der Waals surface area contributed by atoms with Crippen LogP contribution in [-0.4, -0.2) is 44.1 Å². The number of aromatic amines is 1. The van der Waals surface area contributed by atoms with Crippen molar-refractivity contribution in [3.8, 4) is 0 Å². The smallest absolute Gasteiger partial charge is 0.355 e. The average Bonchev–Trinajstić information content (AvgIpc) is 3.35. The van der Waals surface area contributed by atoms with Gasteiger partial charge in [-0.05, 0) is 47.7 Å². The molecule has 2 aromatic rings. The number of hydrogen-bond donors (Lipinski definition) is 2. The number of H-pyrrole nitrogens is 1. The minimum Gasteiger partial charge on any atom is -0.478 e. The SMILES string of the molecule is CC1C(=O)[N+](C2=CC(C(=O)O)=CCC2=O)(c2ccccc2I)N(N=Nc2cn[nH]c2)C1C. The van der Waals surface area contributed by atoms with E-state index in [1.54, 1.807) is 25.3 Å². The number of benzene rings is 1. The third kappa shape index (κ3) is 3.37. The molecule has 1 aliphatic heterocycles. The predicted molar refractivity (Wildman–Crippen MR) is 123 cm³/mol. The van der Waals surface area contributed by atoms with Crippen molar-refractivity contribution in [2.75, 3.05) is 0 Å². The Morgan fingerprint density at radius 1 is 1.31 bits per heavy atom. The number of aliphatic carboxylic acids is 1. The highest BCUT2D eigenvalue weighted by Crippen LogP contribution is 2.46. The summed E-state index contributed by atoms with van der Waals surface area (Å²) >= 11 is 2.10. The number of para-hydroxylation sites is 1. The van der Waals surface area contributed by atoms with Crippen molar-refractivity contribution in [3.05, 3.63) is 63.7 Å². The quantitative estimate of drug-likeness (QED) is 0.334. The van der Waals surface area contributed by atoms with E-state index in [1.165, 1.54) is 23.5 Å². The lowest BCUT2D eigenvalue weighted by Crippen LogP contribution is -2.60. The first-order valence-electron chi connectivity index (χ1n) is 9.86. The Hall–Kier alpha value is -3.19. The van der Waals surface area contributed by atoms with Crippen molar-refractivity contribution >= 4 is 51.6 Å². The summed E-state index contributed by atoms with van der Waals surface area (Å²) in [5.74, 6) is -2.33. The number of rotatable bonds is 5. The summed E-state index contributed by atoms with van der Waals surface area (Å²) in [6, 6.07) is 6.74. The molecule has 1 aromatic carbocycles. The first-order chi connectivity index (χ1) is 15.3. The fraction of sp³-hybridized carbons (Fsp3) is 0.238. The Balaban J connectivity index is 2.02. The topological polar surface area (TPSA) is 128 Å². The number of allylic oxidation sites excluding steroid dienone is 2. The molecule has 3 unspecified atom stereocenters. The van der Waals surface area contributed by atoms with Gasteiger partial charge in [-0.2, -0.15) is 5.10 Å². The number of carbonyl (C=O) groups excluding carboxylic acids is 2. The number of hydrogen-bond acceptors (Lipinski definition) is 6. The molecule has 10 nitrogen and oxygen atoms in total. The standard InChI is InChI=1S/C21H19IN6O4/c1-12-13(2)27(26-25-15-10-23-24-11-15)28(20(12)30,17-6-4-3-5-16(17)22)18-9-14(21(31)32)7-8-19(18)29/h3-7,9-13H,8H2,1-2H3,(H-,23,24,26,31,32)/p+1. The number of nitrogens with one attached hydrogen (secondary N) is 1. The predicted octanol–water partition coefficient (Wildman–Crippen LogP) is 3.67. The zero-order valence-electron chi connectivity index (χ0n) is 17.3. The molecule has 1 aromatic heterocycles. The Bertz CT molecular complexity index is 1190. The molecule has 4 rings (SSSR count). The van der Waals surface area contributed by atoms with Crippen LogP contribution in [0, 0.1) is 9.49 Å². The summed E-state index contributed by atoms with van der Waals surface area (Å²) in [7, 11) is 0. The van der Waals surface area contributed by atoms with Gasteiger partial charge in [0.15, 0.2) is 5.69 Å². The number of amides is 1. The fourth-order valence-corrected chi connectivity index (χ4v) is 4.67. The van der Waals surface area contributed by atoms with Gasteiger partial charge in [-0.15, -0.1) is 5.11 Å². The molecular weight excluding hydrogens is 527 g/mol. The van der Waals surface area contributed by atoms with Crippen molar-refractivity contribution < 1.29 is 19.5 Å². The molecule has 1 fully saturated rings. The molecule has 2 aliphatic rings. The van der Waals surface area contributed by atoms with Gasteiger partial charge in [0, 0.05) is 24.8 Å². The second-order valence-corrected chi connectivity index (χ2v) is 8.70. The maximum Gasteiger partial charge on any atom is 0.355 e. The maximum absolute atomic E-state index is 13.9. The molecule has 164 valence electrons. The van der Waals surface area contributed by atoms with Crippen LogP contribution in [0.25, 0.3) is 0 Å². The monoisotopic (exact) mass is 547 g/mol. The molecular formula is C21H20IN6O4+. The second kappa shape index (κ2) is 8.39. The molecule has 1 saturated heterocycles. The molecule has 2 heterocycles. The zero-order valence-corrected chi connectivity index (χ0v) is 19.4. The molecule has 0 spiro atoms. The number of aromatic nitrogens is 2. The molecule has 0 bridgehead atoms. The molecule has 11 heteroatoms. The summed E-state index contributed by atoms with van der Waals surface area (Å²) in [5, 5.41) is 26.1. The van der Waals surface area contributed by atoms with Gasteiger partial charge < -0.3 is 5.11 Å². The largest absolute Gasteiger partial charge is 0.478 e. The lowest BCUT2D eigenvalue weighted by molar-refractivity contribution is -0.139. The number of carboxylic acids is 1. The number of ketones is 1. The van der Waals surface area contributed by atoms with Gasteiger partial charge in [0.1, 0.15) is 17.6 Å². The van der Waals surface area contributed by atoms with Crippen LogP contribution in [0.2, 0.25) is 0 Å². The van der Waals surface area contributed by atoms with E-state index in [0.29, 0.717) is 11.4 Å². The summed E-state index contributed by atoms with van der Waals surface area (Å²) < 4.78 is 0.0649. The number of quaternary nitrogens is 1. The summed E-state index contributed by atoms with van der Waals surface area (Å²) in [5.41, 5.74) is 0.933. The second-order valence-electron chi connectivity index (χ2n) is 7.54. The highest BCUT2D eigenvalue weighted by molar-refractivity contribution is 14.1. The Kier molecular flexibility index (Phi) is 5.77. The van der Waals surface area contributed by atoms with E-state index in [1.807, 2.05) is 19.1 Å². The van der Waals surface area contributed by atoms with Gasteiger partial charge in [0.2, 0.25) is 11.5 Å². The Morgan fingerprint density at radius 2 is 2.06 bits per heavy atom. The molecule has 1 amide bonds. The zero-order chi connectivity index (χ0) is 23.0. The Labute approximate surface area is 197 Å². The van der Waals surface area contributed by atoms with E-state index in [2.05, 4.69) is 43.1 Å². The summed E-state index contributed by atoms with van der Waals surface area (Å²) in [6.45, 7) is 3.60. The average molecular weight is 547 g/mol. The van der Waals surface area contributed by atoms with E-state index in [-0.39, 0.29) is 29.4 Å². The lowest BCUT2D eigenvalue weighted by atomic mass is 9.99. The number of halogens is 1. The van der Waals surface area contributed by atoms with E-state index in [0.717, 1.165) is 3.57 Å². The normalized spacial score (nSPS) is 25.9. The van der Waals surface area contributed by atoms with Crippen molar-refractivity contribution in [1.82, 2.24) is 19.9 Å². The van der Waals surface area contributed by atoms with Gasteiger partial charge in [-0.25, -0.2) is 9.59 Å². The van der Waals surface area contributed by atoms with E-state index in [9.17, 15) is 19.5 Å². The number of carbonyl (C=O) groups is 3. The van der Waals surface area contributed by atoms with Crippen molar-refractivity contribution in [2.45, 2.75) is 26.3 Å². The fourth-order valence-electron chi connectivity index (χ4n) is 3.93. The van der Waals surface area contributed by atoms with Crippen LogP contribution in [0.3, 0.4) is 0 Å². The number of carboxylic acid groups (broad SMARTS) is 1. The molecule has 2 N–H and O–H groups in total.